The number of aromatic nitrogens is 3. The number of halogens is 4. The second-order valence-corrected chi connectivity index (χ2v) is 10.1. The van der Waals surface area contributed by atoms with Gasteiger partial charge in [-0.25, -0.2) is 17.8 Å². The van der Waals surface area contributed by atoms with Gasteiger partial charge in [0.05, 0.1) is 30.0 Å². The molecule has 1 aliphatic rings. The molecule has 2 aromatic heterocycles. The normalized spacial score (nSPS) is 19.1. The number of carbonyl (C=O) groups excluding carboxylic acids is 1. The molecule has 0 radical (unpaired) electrons. The van der Waals surface area contributed by atoms with E-state index in [4.69, 9.17) is 0 Å². The zero-order chi connectivity index (χ0) is 25.4. The summed E-state index contributed by atoms with van der Waals surface area (Å²) in [7, 11) is -2.39. The minimum Gasteiger partial charge on any atom is -0.350 e. The highest BCUT2D eigenvalue weighted by molar-refractivity contribution is 7.89. The minimum atomic E-state index is -4.55. The Hall–Kier alpha value is -3.32. The van der Waals surface area contributed by atoms with Crippen LogP contribution in [0, 0.1) is 11.7 Å². The van der Waals surface area contributed by atoms with E-state index in [1.54, 1.807) is 7.05 Å². The number of alkyl halides is 3. The Labute approximate surface area is 198 Å². The van der Waals surface area contributed by atoms with Crippen LogP contribution < -0.4 is 5.32 Å². The smallest absolute Gasteiger partial charge is 0.350 e. The van der Waals surface area contributed by atoms with Crippen molar-refractivity contribution in [2.75, 3.05) is 13.1 Å². The number of aryl methyl sites for hydroxylation is 1. The molecule has 0 spiro atoms. The molecule has 8 nitrogen and oxygen atoms in total. The average Bonchev–Trinajstić information content (AvgIpc) is 3.45. The fourth-order valence-electron chi connectivity index (χ4n) is 3.99. The third-order valence-electron chi connectivity index (χ3n) is 5.79. The first kappa shape index (κ1) is 24.8. The van der Waals surface area contributed by atoms with Gasteiger partial charge in [0.1, 0.15) is 5.82 Å². The summed E-state index contributed by atoms with van der Waals surface area (Å²) in [5.41, 5.74) is -0.334. The minimum absolute atomic E-state index is 0.00228. The summed E-state index contributed by atoms with van der Waals surface area (Å²) in [4.78, 5) is 20.8. The summed E-state index contributed by atoms with van der Waals surface area (Å²) in [5.74, 6) is -2.52. The molecule has 1 fully saturated rings. The van der Waals surface area contributed by atoms with Crippen molar-refractivity contribution in [3.05, 3.63) is 77.8 Å². The van der Waals surface area contributed by atoms with E-state index in [0.717, 1.165) is 22.6 Å². The van der Waals surface area contributed by atoms with Crippen molar-refractivity contribution >= 4 is 15.9 Å². The lowest BCUT2D eigenvalue weighted by Crippen LogP contribution is -2.35. The van der Waals surface area contributed by atoms with Crippen molar-refractivity contribution in [3.8, 4) is 0 Å². The molecule has 2 atom stereocenters. The predicted molar refractivity (Wildman–Crippen MR) is 116 cm³/mol. The fraction of sp³-hybridized carbons (Fsp3) is 0.318. The maximum atomic E-state index is 13.5. The van der Waals surface area contributed by atoms with Crippen LogP contribution in [0.2, 0.25) is 0 Å². The predicted octanol–water partition coefficient (Wildman–Crippen LogP) is 2.69. The molecule has 3 aromatic rings. The molecule has 1 N–H and O–H groups in total. The molecule has 4 rings (SSSR count). The maximum absolute atomic E-state index is 13.5. The molecule has 1 aromatic carbocycles. The fourth-order valence-corrected chi connectivity index (χ4v) is 5.45. The third-order valence-corrected chi connectivity index (χ3v) is 7.51. The number of amides is 1. The van der Waals surface area contributed by atoms with Gasteiger partial charge in [0.2, 0.25) is 5.91 Å². The van der Waals surface area contributed by atoms with Crippen molar-refractivity contribution in [1.82, 2.24) is 24.2 Å². The number of hydrogen-bond acceptors (Lipinski definition) is 5. The SMILES string of the molecule is Cn1cnc(S(=O)(=O)N2C[C@@H](C(=O)NCc3cc(C(F)(F)F)ccn3)[C@H](c3ccc(F)cc3)C2)c1. The molecular formula is C22H21F4N5O3S. The molecule has 1 amide bonds. The van der Waals surface area contributed by atoms with E-state index in [-0.39, 0.29) is 30.4 Å². The van der Waals surface area contributed by atoms with Gasteiger partial charge in [-0.15, -0.1) is 0 Å². The number of carbonyl (C=O) groups is 1. The number of sulfonamides is 1. The molecule has 0 saturated carbocycles. The molecule has 35 heavy (non-hydrogen) atoms. The van der Waals surface area contributed by atoms with Crippen molar-refractivity contribution in [1.29, 1.82) is 0 Å². The van der Waals surface area contributed by atoms with Crippen LogP contribution in [0.4, 0.5) is 17.6 Å². The molecule has 186 valence electrons. The molecule has 1 aliphatic heterocycles. The van der Waals surface area contributed by atoms with Gasteiger partial charge in [-0.2, -0.15) is 17.5 Å². The highest BCUT2D eigenvalue weighted by atomic mass is 32.2. The van der Waals surface area contributed by atoms with Gasteiger partial charge < -0.3 is 9.88 Å². The first-order chi connectivity index (χ1) is 16.4. The third kappa shape index (κ3) is 5.35. The van der Waals surface area contributed by atoms with Crippen LogP contribution in [0.3, 0.4) is 0 Å². The summed E-state index contributed by atoms with van der Waals surface area (Å²) < 4.78 is 81.2. The first-order valence-corrected chi connectivity index (χ1v) is 11.9. The van der Waals surface area contributed by atoms with Crippen LogP contribution in [0.5, 0.6) is 0 Å². The Kier molecular flexibility index (Phi) is 6.64. The van der Waals surface area contributed by atoms with Gasteiger partial charge in [0, 0.05) is 38.4 Å². The van der Waals surface area contributed by atoms with E-state index < -0.39 is 45.3 Å². The van der Waals surface area contributed by atoms with Gasteiger partial charge in [-0.3, -0.25) is 9.78 Å². The van der Waals surface area contributed by atoms with Crippen LogP contribution in [0.1, 0.15) is 22.7 Å². The summed E-state index contributed by atoms with van der Waals surface area (Å²) in [5, 5.41) is 2.39. The number of rotatable bonds is 6. The van der Waals surface area contributed by atoms with Gasteiger partial charge in [0.15, 0.2) is 5.03 Å². The summed E-state index contributed by atoms with van der Waals surface area (Å²) >= 11 is 0. The van der Waals surface area contributed by atoms with E-state index >= 15 is 0 Å². The Morgan fingerprint density at radius 3 is 2.49 bits per heavy atom. The Morgan fingerprint density at radius 2 is 1.86 bits per heavy atom. The van der Waals surface area contributed by atoms with Crippen LogP contribution in [-0.4, -0.2) is 46.3 Å². The summed E-state index contributed by atoms with van der Waals surface area (Å²) in [6.45, 7) is -0.504. The Bertz CT molecular complexity index is 1330. The molecule has 1 saturated heterocycles. The van der Waals surface area contributed by atoms with Crippen molar-refractivity contribution < 1.29 is 30.8 Å². The van der Waals surface area contributed by atoms with Crippen molar-refractivity contribution in [3.63, 3.8) is 0 Å². The molecule has 0 aliphatic carbocycles. The number of nitrogens with one attached hydrogen (secondary N) is 1. The largest absolute Gasteiger partial charge is 0.416 e. The number of imidazole rings is 1. The quantitative estimate of drug-likeness (QED) is 0.514. The number of pyridine rings is 1. The topological polar surface area (TPSA) is 97.2 Å². The lowest BCUT2D eigenvalue weighted by atomic mass is 9.88. The van der Waals surface area contributed by atoms with Gasteiger partial charge in [-0.05, 0) is 29.8 Å². The Morgan fingerprint density at radius 1 is 1.14 bits per heavy atom. The van der Waals surface area contributed by atoms with Gasteiger partial charge >= 0.3 is 6.18 Å². The average molecular weight is 512 g/mol. The van der Waals surface area contributed by atoms with Gasteiger partial charge in [-0.1, -0.05) is 12.1 Å². The standard InChI is InChI=1S/C22H21F4N5O3S/c1-30-12-20(29-13-30)35(33,34)31-10-18(14-2-4-16(23)5-3-14)19(11-31)21(32)28-9-17-8-15(6-7-27-17)22(24,25)26/h2-8,12-13,18-19H,9-11H2,1H3,(H,28,32)/t18-,19+/m0/s1. The zero-order valence-corrected chi connectivity index (χ0v) is 19.2. The van der Waals surface area contributed by atoms with E-state index in [2.05, 4.69) is 15.3 Å². The maximum Gasteiger partial charge on any atom is 0.416 e. The zero-order valence-electron chi connectivity index (χ0n) is 18.4. The molecule has 13 heteroatoms. The van der Waals surface area contributed by atoms with Crippen molar-refractivity contribution in [2.45, 2.75) is 23.7 Å². The monoisotopic (exact) mass is 511 g/mol. The second kappa shape index (κ2) is 9.38. The molecule has 0 unspecified atom stereocenters. The molecule has 3 heterocycles. The van der Waals surface area contributed by atoms with E-state index in [0.29, 0.717) is 5.56 Å². The molecular weight excluding hydrogens is 490 g/mol. The van der Waals surface area contributed by atoms with Gasteiger partial charge in [0.25, 0.3) is 10.0 Å². The van der Waals surface area contributed by atoms with E-state index in [1.165, 1.54) is 41.4 Å². The van der Waals surface area contributed by atoms with Crippen molar-refractivity contribution in [2.24, 2.45) is 13.0 Å². The van der Waals surface area contributed by atoms with Crippen LogP contribution in [-0.2, 0) is 34.6 Å². The van der Waals surface area contributed by atoms with Crippen LogP contribution in [0.15, 0.2) is 60.1 Å². The molecule has 0 bridgehead atoms. The van der Waals surface area contributed by atoms with Crippen LogP contribution >= 0.6 is 0 Å². The Balaban J connectivity index is 1.56. The lowest BCUT2D eigenvalue weighted by Gasteiger charge is -2.18. The van der Waals surface area contributed by atoms with E-state index in [9.17, 15) is 30.8 Å². The number of hydrogen-bond donors (Lipinski definition) is 1. The first-order valence-electron chi connectivity index (χ1n) is 10.5. The summed E-state index contributed by atoms with van der Waals surface area (Å²) in [6.07, 6.45) is -0.870. The van der Waals surface area contributed by atoms with Crippen LogP contribution in [0.25, 0.3) is 0 Å². The van der Waals surface area contributed by atoms with E-state index in [1.807, 2.05) is 0 Å². The highest BCUT2D eigenvalue weighted by Gasteiger charge is 2.44. The number of nitrogens with zero attached hydrogens (tertiary/aromatic N) is 4. The lowest BCUT2D eigenvalue weighted by molar-refractivity contribution is -0.137. The number of benzene rings is 1. The highest BCUT2D eigenvalue weighted by Crippen LogP contribution is 2.36. The summed E-state index contributed by atoms with van der Waals surface area (Å²) in [6, 6.07) is 7.05. The second-order valence-electron chi connectivity index (χ2n) is 8.22.